The first-order valence-electron chi connectivity index (χ1n) is 9.68. The van der Waals surface area contributed by atoms with Crippen LogP contribution in [-0.2, 0) is 9.59 Å². The van der Waals surface area contributed by atoms with Crippen LogP contribution in [0.25, 0.3) is 0 Å². The maximum Gasteiger partial charge on any atom is 0.490 e. The Hall–Kier alpha value is -4.13. The number of anilines is 1. The van der Waals surface area contributed by atoms with Crippen molar-refractivity contribution in [3.8, 4) is 11.5 Å². The molecule has 34 heavy (non-hydrogen) atoms. The van der Waals surface area contributed by atoms with E-state index in [1.807, 2.05) is 0 Å². The quantitative estimate of drug-likeness (QED) is 0.223. The van der Waals surface area contributed by atoms with Crippen LogP contribution < -0.4 is 16.4 Å². The number of carbonyl (C=O) groups is 4. The van der Waals surface area contributed by atoms with E-state index in [9.17, 15) is 37.8 Å². The third-order valence-corrected chi connectivity index (χ3v) is 4.57. The fourth-order valence-corrected chi connectivity index (χ4v) is 3.04. The molecule has 182 valence electrons. The van der Waals surface area contributed by atoms with Crippen molar-refractivity contribution in [1.29, 1.82) is 0 Å². The van der Waals surface area contributed by atoms with E-state index >= 15 is 0 Å². The number of carboxylic acids is 1. The number of carbonyl (C=O) groups excluding carboxylic acids is 3. The van der Waals surface area contributed by atoms with Gasteiger partial charge in [0.2, 0.25) is 5.91 Å². The number of phenolic OH excluding ortho intramolecular Hbond substituents is 2. The molecule has 0 radical (unpaired) electrons. The average Bonchev–Trinajstić information content (AvgIpc) is 2.77. The third kappa shape index (κ3) is 5.81. The molecule has 2 aromatic carbocycles. The van der Waals surface area contributed by atoms with Crippen LogP contribution in [0, 0.1) is 0 Å². The molecule has 0 fully saturated rings. The van der Waals surface area contributed by atoms with Crippen LogP contribution in [-0.4, -0.2) is 64.6 Å². The first kappa shape index (κ1) is 26.1. The van der Waals surface area contributed by atoms with Crippen LogP contribution in [0.3, 0.4) is 0 Å². The van der Waals surface area contributed by atoms with Crippen LogP contribution in [0.15, 0.2) is 30.3 Å². The van der Waals surface area contributed by atoms with Crippen LogP contribution in [0.5, 0.6) is 11.5 Å². The number of phenols is 2. The number of aromatic hydroxyl groups is 2. The molecule has 7 N–H and O–H groups in total. The van der Waals surface area contributed by atoms with Gasteiger partial charge in [-0.1, -0.05) is 12.1 Å². The third-order valence-electron chi connectivity index (χ3n) is 4.57. The number of rotatable bonds is 6. The van der Waals surface area contributed by atoms with Gasteiger partial charge in [-0.15, -0.1) is 0 Å². The van der Waals surface area contributed by atoms with Crippen LogP contribution in [0.1, 0.15) is 38.3 Å². The molecule has 2 aromatic rings. The number of ketones is 2. The van der Waals surface area contributed by atoms with E-state index in [0.29, 0.717) is 25.2 Å². The standard InChI is InChI=1S/C19H19N3O5.C2HF3O2/c20-9-14(25)22-8-2-7-21-11-5-6-13(24)17-16(11)19(27)15-10(18(17)26)3-1-4-12(15)23;3-2(4,5)1(6)7/h1,3-6,21,23-24H,2,7-9,20H2,(H,22,25);(H,6,7). The van der Waals surface area contributed by atoms with Crippen LogP contribution >= 0.6 is 0 Å². The highest BCUT2D eigenvalue weighted by Gasteiger charge is 2.38. The van der Waals surface area contributed by atoms with Gasteiger partial charge in [-0.2, -0.15) is 13.2 Å². The molecule has 3 rings (SSSR count). The van der Waals surface area contributed by atoms with Crippen molar-refractivity contribution in [3.05, 3.63) is 52.6 Å². The summed E-state index contributed by atoms with van der Waals surface area (Å²) < 4.78 is 31.7. The highest BCUT2D eigenvalue weighted by molar-refractivity contribution is 6.31. The number of benzene rings is 2. The van der Waals surface area contributed by atoms with E-state index in [4.69, 9.17) is 15.6 Å². The van der Waals surface area contributed by atoms with Crippen molar-refractivity contribution in [2.24, 2.45) is 5.73 Å². The second kappa shape index (κ2) is 10.7. The van der Waals surface area contributed by atoms with Gasteiger partial charge in [0, 0.05) is 24.3 Å². The van der Waals surface area contributed by atoms with Gasteiger partial charge in [0.15, 0.2) is 11.6 Å². The maximum atomic E-state index is 12.9. The summed E-state index contributed by atoms with van der Waals surface area (Å²) in [5.74, 6) is -4.65. The zero-order chi connectivity index (χ0) is 25.6. The zero-order valence-corrected chi connectivity index (χ0v) is 17.4. The smallest absolute Gasteiger partial charge is 0.490 e. The molecule has 0 unspecified atom stereocenters. The van der Waals surface area contributed by atoms with E-state index < -0.39 is 23.7 Å². The van der Waals surface area contributed by atoms with Gasteiger partial charge in [0.1, 0.15) is 11.5 Å². The van der Waals surface area contributed by atoms with E-state index in [1.165, 1.54) is 30.3 Å². The molecule has 0 heterocycles. The van der Waals surface area contributed by atoms with Gasteiger partial charge in [0.25, 0.3) is 0 Å². The molecule has 0 spiro atoms. The lowest BCUT2D eigenvalue weighted by Gasteiger charge is -2.22. The maximum absolute atomic E-state index is 12.9. The average molecular weight is 483 g/mol. The minimum absolute atomic E-state index is 0.0278. The molecule has 1 amide bonds. The van der Waals surface area contributed by atoms with Crippen molar-refractivity contribution < 1.29 is 47.7 Å². The Bertz CT molecular complexity index is 1130. The van der Waals surface area contributed by atoms with E-state index in [1.54, 1.807) is 0 Å². The van der Waals surface area contributed by atoms with Crippen molar-refractivity contribution in [2.75, 3.05) is 25.0 Å². The highest BCUT2D eigenvalue weighted by atomic mass is 19.4. The molecule has 0 atom stereocenters. The number of aliphatic carboxylic acids is 1. The van der Waals surface area contributed by atoms with Gasteiger partial charge < -0.3 is 31.7 Å². The lowest BCUT2D eigenvalue weighted by atomic mass is 9.82. The number of hydrogen-bond donors (Lipinski definition) is 6. The van der Waals surface area contributed by atoms with Crippen molar-refractivity contribution in [2.45, 2.75) is 12.6 Å². The van der Waals surface area contributed by atoms with E-state index in [2.05, 4.69) is 10.6 Å². The Morgan fingerprint density at radius 1 is 0.912 bits per heavy atom. The lowest BCUT2D eigenvalue weighted by molar-refractivity contribution is -0.192. The van der Waals surface area contributed by atoms with Crippen molar-refractivity contribution in [3.63, 3.8) is 0 Å². The normalized spacial score (nSPS) is 12.1. The Kier molecular flexibility index (Phi) is 8.19. The number of amides is 1. The molecule has 10 nitrogen and oxygen atoms in total. The van der Waals surface area contributed by atoms with Gasteiger partial charge in [-0.05, 0) is 24.6 Å². The van der Waals surface area contributed by atoms with E-state index in [-0.39, 0.29) is 46.2 Å². The predicted octanol–water partition coefficient (Wildman–Crippen LogP) is 1.38. The van der Waals surface area contributed by atoms with Crippen LogP contribution in [0.4, 0.5) is 18.9 Å². The Balaban J connectivity index is 0.000000509. The summed E-state index contributed by atoms with van der Waals surface area (Å²) in [6.45, 7) is 0.732. The highest BCUT2D eigenvalue weighted by Crippen LogP contribution is 2.39. The lowest BCUT2D eigenvalue weighted by Crippen LogP contribution is -2.31. The van der Waals surface area contributed by atoms with Crippen molar-refractivity contribution in [1.82, 2.24) is 5.32 Å². The first-order chi connectivity index (χ1) is 15.9. The number of carboxylic acid groups (broad SMARTS) is 1. The molecule has 0 saturated heterocycles. The molecule has 0 aromatic heterocycles. The molecule has 0 aliphatic heterocycles. The van der Waals surface area contributed by atoms with Gasteiger partial charge in [-0.25, -0.2) is 4.79 Å². The SMILES string of the molecule is NCC(=O)NCCCNc1ccc(O)c2c1C(=O)c1c(O)cccc1C2=O.O=C(O)C(F)(F)F. The second-order valence-corrected chi connectivity index (χ2v) is 6.88. The molecule has 0 bridgehead atoms. The number of hydrogen-bond acceptors (Lipinski definition) is 8. The minimum atomic E-state index is -5.08. The van der Waals surface area contributed by atoms with Gasteiger partial charge in [-0.3, -0.25) is 14.4 Å². The second-order valence-electron chi connectivity index (χ2n) is 6.88. The molecular formula is C21H20F3N3O7. The summed E-state index contributed by atoms with van der Waals surface area (Å²) in [5.41, 5.74) is 5.51. The molecule has 1 aliphatic carbocycles. The Morgan fingerprint density at radius 2 is 1.53 bits per heavy atom. The summed E-state index contributed by atoms with van der Waals surface area (Å²) >= 11 is 0. The Morgan fingerprint density at radius 3 is 2.12 bits per heavy atom. The summed E-state index contributed by atoms with van der Waals surface area (Å²) in [6.07, 6.45) is -4.52. The number of alkyl halides is 3. The fourth-order valence-electron chi connectivity index (χ4n) is 3.04. The van der Waals surface area contributed by atoms with E-state index in [0.717, 1.165) is 0 Å². The first-order valence-corrected chi connectivity index (χ1v) is 9.68. The molecular weight excluding hydrogens is 463 g/mol. The van der Waals surface area contributed by atoms with Gasteiger partial charge >= 0.3 is 12.1 Å². The molecule has 13 heteroatoms. The predicted molar refractivity (Wildman–Crippen MR) is 112 cm³/mol. The number of fused-ring (bicyclic) bond motifs is 2. The number of halogens is 3. The fraction of sp³-hybridized carbons (Fsp3) is 0.238. The molecule has 0 saturated carbocycles. The summed E-state index contributed by atoms with van der Waals surface area (Å²) in [4.78, 5) is 45.7. The number of nitrogens with one attached hydrogen (secondary N) is 2. The largest absolute Gasteiger partial charge is 0.507 e. The summed E-state index contributed by atoms with van der Waals surface area (Å²) in [7, 11) is 0. The zero-order valence-electron chi connectivity index (χ0n) is 17.4. The van der Waals surface area contributed by atoms with Crippen LogP contribution in [0.2, 0.25) is 0 Å². The summed E-state index contributed by atoms with van der Waals surface area (Å²) in [6, 6.07) is 7.10. The molecule has 1 aliphatic rings. The summed E-state index contributed by atoms with van der Waals surface area (Å²) in [5, 5.41) is 33.0. The Labute approximate surface area is 190 Å². The monoisotopic (exact) mass is 483 g/mol. The minimum Gasteiger partial charge on any atom is -0.507 e. The number of nitrogens with two attached hydrogens (primary N) is 1. The topological polar surface area (TPSA) is 179 Å². The van der Waals surface area contributed by atoms with Crippen molar-refractivity contribution >= 4 is 29.1 Å². The van der Waals surface area contributed by atoms with Gasteiger partial charge in [0.05, 0.1) is 23.2 Å².